The SMILES string of the molecule is COC(=O)[C@H](Cc1ccccc1)NC(=O)C[C@H](NC(C)=O)C(=O)O. The van der Waals surface area contributed by atoms with Crippen molar-refractivity contribution >= 4 is 23.8 Å². The zero-order chi connectivity index (χ0) is 18.1. The first-order chi connectivity index (χ1) is 11.3. The van der Waals surface area contributed by atoms with E-state index in [4.69, 9.17) is 5.11 Å². The van der Waals surface area contributed by atoms with Crippen molar-refractivity contribution in [2.45, 2.75) is 31.8 Å². The minimum absolute atomic E-state index is 0.205. The van der Waals surface area contributed by atoms with Crippen molar-refractivity contribution in [3.05, 3.63) is 35.9 Å². The maximum absolute atomic E-state index is 12.0. The van der Waals surface area contributed by atoms with Gasteiger partial charge in [-0.2, -0.15) is 0 Å². The molecule has 8 heteroatoms. The fourth-order valence-electron chi connectivity index (χ4n) is 2.07. The molecule has 1 rings (SSSR count). The molecule has 1 aromatic carbocycles. The van der Waals surface area contributed by atoms with Gasteiger partial charge >= 0.3 is 11.9 Å². The molecule has 0 fully saturated rings. The second-order valence-corrected chi connectivity index (χ2v) is 5.13. The Hall–Kier alpha value is -2.90. The number of aliphatic carboxylic acids is 1. The van der Waals surface area contributed by atoms with Crippen molar-refractivity contribution < 1.29 is 29.0 Å². The van der Waals surface area contributed by atoms with Crippen molar-refractivity contribution in [1.29, 1.82) is 0 Å². The van der Waals surface area contributed by atoms with E-state index in [9.17, 15) is 19.2 Å². The lowest BCUT2D eigenvalue weighted by molar-refractivity contribution is -0.146. The molecule has 0 bridgehead atoms. The number of hydrogen-bond donors (Lipinski definition) is 3. The zero-order valence-electron chi connectivity index (χ0n) is 13.4. The monoisotopic (exact) mass is 336 g/mol. The summed E-state index contributed by atoms with van der Waals surface area (Å²) in [5.74, 6) is -3.22. The van der Waals surface area contributed by atoms with Gasteiger partial charge in [0.25, 0.3) is 0 Å². The van der Waals surface area contributed by atoms with Crippen LogP contribution in [0.2, 0.25) is 0 Å². The number of amides is 2. The number of benzene rings is 1. The predicted molar refractivity (Wildman–Crippen MR) is 84.0 cm³/mol. The molecule has 0 saturated carbocycles. The summed E-state index contributed by atoms with van der Waals surface area (Å²) in [5, 5.41) is 13.6. The molecule has 0 aliphatic rings. The number of carboxylic acid groups (broad SMARTS) is 1. The average molecular weight is 336 g/mol. The van der Waals surface area contributed by atoms with Gasteiger partial charge in [0.1, 0.15) is 12.1 Å². The second kappa shape index (κ2) is 9.29. The fourth-order valence-corrected chi connectivity index (χ4v) is 2.07. The van der Waals surface area contributed by atoms with E-state index in [2.05, 4.69) is 15.4 Å². The van der Waals surface area contributed by atoms with E-state index in [0.29, 0.717) is 0 Å². The van der Waals surface area contributed by atoms with Crippen LogP contribution in [0.3, 0.4) is 0 Å². The lowest BCUT2D eigenvalue weighted by atomic mass is 10.1. The molecule has 0 aliphatic carbocycles. The van der Waals surface area contributed by atoms with Crippen molar-refractivity contribution in [2.75, 3.05) is 7.11 Å². The van der Waals surface area contributed by atoms with E-state index < -0.39 is 42.3 Å². The predicted octanol–water partition coefficient (Wildman–Crippen LogP) is -0.134. The topological polar surface area (TPSA) is 122 Å². The van der Waals surface area contributed by atoms with Crippen LogP contribution in [-0.2, 0) is 30.3 Å². The number of carboxylic acids is 1. The van der Waals surface area contributed by atoms with Crippen LogP contribution >= 0.6 is 0 Å². The number of nitrogens with one attached hydrogen (secondary N) is 2. The van der Waals surface area contributed by atoms with Gasteiger partial charge in [-0.15, -0.1) is 0 Å². The molecule has 0 aromatic heterocycles. The Morgan fingerprint density at radius 1 is 1.08 bits per heavy atom. The highest BCUT2D eigenvalue weighted by Gasteiger charge is 2.26. The number of ether oxygens (including phenoxy) is 1. The van der Waals surface area contributed by atoms with Gasteiger partial charge < -0.3 is 20.5 Å². The summed E-state index contributed by atoms with van der Waals surface area (Å²) in [6.07, 6.45) is -0.283. The van der Waals surface area contributed by atoms with Crippen LogP contribution < -0.4 is 10.6 Å². The third-order valence-electron chi connectivity index (χ3n) is 3.17. The Morgan fingerprint density at radius 3 is 2.21 bits per heavy atom. The largest absolute Gasteiger partial charge is 0.480 e. The van der Waals surface area contributed by atoms with Crippen molar-refractivity contribution in [3.8, 4) is 0 Å². The third kappa shape index (κ3) is 6.47. The number of methoxy groups -OCH3 is 1. The summed E-state index contributed by atoms with van der Waals surface area (Å²) < 4.78 is 4.66. The van der Waals surface area contributed by atoms with Gasteiger partial charge in [-0.05, 0) is 5.56 Å². The molecule has 0 aliphatic heterocycles. The van der Waals surface area contributed by atoms with Gasteiger partial charge in [0.05, 0.1) is 13.5 Å². The Kier molecular flexibility index (Phi) is 7.41. The molecule has 0 radical (unpaired) electrons. The molecule has 8 nitrogen and oxygen atoms in total. The average Bonchev–Trinajstić information content (AvgIpc) is 2.53. The van der Waals surface area contributed by atoms with Crippen LogP contribution in [-0.4, -0.2) is 48.1 Å². The van der Waals surface area contributed by atoms with Crippen LogP contribution in [0.25, 0.3) is 0 Å². The van der Waals surface area contributed by atoms with E-state index in [0.717, 1.165) is 12.5 Å². The standard InChI is InChI=1S/C16H20N2O6/c1-10(19)17-12(15(21)22)9-14(20)18-13(16(23)24-2)8-11-6-4-3-5-7-11/h3-7,12-13H,8-9H2,1-2H3,(H,17,19)(H,18,20)(H,21,22)/t12-,13-/m0/s1. The Labute approximate surface area is 139 Å². The Bertz CT molecular complexity index is 602. The van der Waals surface area contributed by atoms with E-state index in [1.165, 1.54) is 7.11 Å². The van der Waals surface area contributed by atoms with Gasteiger partial charge in [-0.25, -0.2) is 9.59 Å². The summed E-state index contributed by atoms with van der Waals surface area (Å²) >= 11 is 0. The molecule has 24 heavy (non-hydrogen) atoms. The lowest BCUT2D eigenvalue weighted by Crippen LogP contribution is -2.47. The third-order valence-corrected chi connectivity index (χ3v) is 3.17. The molecule has 0 spiro atoms. The molecule has 1 aromatic rings. The van der Waals surface area contributed by atoms with Crippen molar-refractivity contribution in [1.82, 2.24) is 10.6 Å². The summed E-state index contributed by atoms with van der Waals surface area (Å²) in [6.45, 7) is 1.15. The van der Waals surface area contributed by atoms with Gasteiger partial charge in [0, 0.05) is 13.3 Å². The van der Waals surface area contributed by atoms with Crippen LogP contribution in [0.15, 0.2) is 30.3 Å². The highest BCUT2D eigenvalue weighted by atomic mass is 16.5. The van der Waals surface area contributed by atoms with Crippen LogP contribution in [0.5, 0.6) is 0 Å². The van der Waals surface area contributed by atoms with Gasteiger partial charge in [-0.1, -0.05) is 30.3 Å². The van der Waals surface area contributed by atoms with Gasteiger partial charge in [-0.3, -0.25) is 9.59 Å². The lowest BCUT2D eigenvalue weighted by Gasteiger charge is -2.18. The maximum Gasteiger partial charge on any atom is 0.328 e. The van der Waals surface area contributed by atoms with Crippen molar-refractivity contribution in [3.63, 3.8) is 0 Å². The van der Waals surface area contributed by atoms with E-state index >= 15 is 0 Å². The van der Waals surface area contributed by atoms with Crippen LogP contribution in [0, 0.1) is 0 Å². The molecule has 0 saturated heterocycles. The quantitative estimate of drug-likeness (QED) is 0.568. The first kappa shape index (κ1) is 19.1. The van der Waals surface area contributed by atoms with Gasteiger partial charge in [0.15, 0.2) is 0 Å². The molecule has 0 heterocycles. The first-order valence-corrected chi connectivity index (χ1v) is 7.24. The number of esters is 1. The molecule has 0 unspecified atom stereocenters. The van der Waals surface area contributed by atoms with E-state index in [1.54, 1.807) is 24.3 Å². The second-order valence-electron chi connectivity index (χ2n) is 5.13. The summed E-state index contributed by atoms with van der Waals surface area (Å²) in [4.78, 5) is 45.9. The Morgan fingerprint density at radius 2 is 1.71 bits per heavy atom. The summed E-state index contributed by atoms with van der Waals surface area (Å²) in [6, 6.07) is 6.68. The molecular formula is C16H20N2O6. The van der Waals surface area contributed by atoms with Crippen LogP contribution in [0.1, 0.15) is 18.9 Å². The highest BCUT2D eigenvalue weighted by Crippen LogP contribution is 2.05. The minimum atomic E-state index is -1.36. The van der Waals surface area contributed by atoms with E-state index in [-0.39, 0.29) is 6.42 Å². The smallest absolute Gasteiger partial charge is 0.328 e. The summed E-state index contributed by atoms with van der Waals surface area (Å²) in [5.41, 5.74) is 0.810. The van der Waals surface area contributed by atoms with Gasteiger partial charge in [0.2, 0.25) is 11.8 Å². The van der Waals surface area contributed by atoms with Crippen LogP contribution in [0.4, 0.5) is 0 Å². The normalized spacial score (nSPS) is 12.6. The Balaban J connectivity index is 2.74. The number of carbonyl (C=O) groups is 4. The number of hydrogen-bond acceptors (Lipinski definition) is 5. The fraction of sp³-hybridized carbons (Fsp3) is 0.375. The van der Waals surface area contributed by atoms with Crippen molar-refractivity contribution in [2.24, 2.45) is 0 Å². The highest BCUT2D eigenvalue weighted by molar-refractivity contribution is 5.90. The number of rotatable bonds is 8. The minimum Gasteiger partial charge on any atom is -0.480 e. The van der Waals surface area contributed by atoms with E-state index in [1.807, 2.05) is 6.07 Å². The molecule has 3 N–H and O–H groups in total. The first-order valence-electron chi connectivity index (χ1n) is 7.24. The molecule has 130 valence electrons. The number of carbonyl (C=O) groups excluding carboxylic acids is 3. The molecule has 2 amide bonds. The molecule has 2 atom stereocenters. The zero-order valence-corrected chi connectivity index (χ0v) is 13.4. The summed E-state index contributed by atoms with van der Waals surface area (Å²) in [7, 11) is 1.20. The maximum atomic E-state index is 12.0. The molecular weight excluding hydrogens is 316 g/mol.